The molecule has 0 aromatic heterocycles. The molecular weight excluding hydrogens is 661 g/mol. The summed E-state index contributed by atoms with van der Waals surface area (Å²) in [4.78, 5) is 12.2. The third-order valence-corrected chi connectivity index (χ3v) is 11.6. The summed E-state index contributed by atoms with van der Waals surface area (Å²) >= 11 is 0. The Balaban J connectivity index is 1.18. The molecule has 1 N–H and O–H groups in total. The molecule has 6 atom stereocenters. The molecule has 0 radical (unpaired) electrons. The minimum Gasteiger partial charge on any atom is -0.466 e. The minimum atomic E-state index is -0.808. The van der Waals surface area contributed by atoms with Crippen LogP contribution < -0.4 is 0 Å². The second-order valence-electron chi connectivity index (χ2n) is 12.4. The van der Waals surface area contributed by atoms with Crippen molar-refractivity contribution in [1.82, 2.24) is 0 Å². The number of aliphatic hydroxyl groups excluding tert-OH is 1. The SMILES string of the molecule is O=C(CCCCC1CCSS1)OCCCCO[C@@H]1O[C@H](CO)[C@@H](OCc2ccccc2)[C@H](OCc2ccccc2)[C@H]1OCc1ccccc1. The van der Waals surface area contributed by atoms with E-state index < -0.39 is 30.7 Å². The Kier molecular flexibility index (Phi) is 16.8. The van der Waals surface area contributed by atoms with E-state index in [0.717, 1.165) is 34.8 Å². The summed E-state index contributed by atoms with van der Waals surface area (Å²) < 4.78 is 37.7. The van der Waals surface area contributed by atoms with Gasteiger partial charge in [0, 0.05) is 24.0 Å². The molecule has 8 nitrogen and oxygen atoms in total. The normalized spacial score (nSPS) is 23.8. The van der Waals surface area contributed by atoms with Crippen molar-refractivity contribution >= 4 is 27.6 Å². The van der Waals surface area contributed by atoms with Gasteiger partial charge < -0.3 is 33.5 Å². The van der Waals surface area contributed by atoms with Crippen molar-refractivity contribution in [2.45, 2.75) is 101 Å². The number of hydrogen-bond acceptors (Lipinski definition) is 10. The van der Waals surface area contributed by atoms with Crippen LogP contribution in [0, 0.1) is 0 Å². The number of esters is 1. The molecule has 49 heavy (non-hydrogen) atoms. The van der Waals surface area contributed by atoms with Crippen molar-refractivity contribution in [3.8, 4) is 0 Å². The molecule has 0 bridgehead atoms. The lowest BCUT2D eigenvalue weighted by Gasteiger charge is -2.45. The lowest BCUT2D eigenvalue weighted by molar-refractivity contribution is -0.326. The van der Waals surface area contributed by atoms with Gasteiger partial charge >= 0.3 is 5.97 Å². The first-order valence-corrected chi connectivity index (χ1v) is 19.9. The molecule has 3 aromatic carbocycles. The summed E-state index contributed by atoms with van der Waals surface area (Å²) in [5.74, 6) is 1.11. The van der Waals surface area contributed by atoms with Crippen LogP contribution in [0.4, 0.5) is 0 Å². The molecular formula is C39H50O8S2. The second-order valence-corrected chi connectivity index (χ2v) is 15.2. The predicted molar refractivity (Wildman–Crippen MR) is 194 cm³/mol. The maximum atomic E-state index is 12.2. The minimum absolute atomic E-state index is 0.134. The molecule has 0 spiro atoms. The Hall–Kier alpha value is -2.41. The zero-order chi connectivity index (χ0) is 33.9. The van der Waals surface area contributed by atoms with Crippen LogP contribution in [0.1, 0.15) is 61.6 Å². The number of aliphatic hydroxyl groups is 1. The van der Waals surface area contributed by atoms with E-state index in [0.29, 0.717) is 52.3 Å². The third-order valence-electron chi connectivity index (χ3n) is 8.60. The van der Waals surface area contributed by atoms with Gasteiger partial charge in [0.2, 0.25) is 0 Å². The molecule has 2 aliphatic rings. The highest BCUT2D eigenvalue weighted by molar-refractivity contribution is 8.77. The number of carbonyl (C=O) groups is 1. The largest absolute Gasteiger partial charge is 0.466 e. The summed E-state index contributed by atoms with van der Waals surface area (Å²) in [5.41, 5.74) is 3.02. The van der Waals surface area contributed by atoms with Gasteiger partial charge in [0.15, 0.2) is 6.29 Å². The standard InChI is InChI=1S/C39H50O8S2/c40-26-34-36(44-27-30-14-4-1-5-15-30)37(45-28-31-16-6-2-7-17-31)38(46-29-32-18-8-3-9-19-32)39(47-34)43-24-13-12-23-42-35(41)21-11-10-20-33-22-25-48-49-33/h1-9,14-19,33-34,36-40H,10-13,20-29H2/t33?,34-,36-,37+,38-,39-/m1/s1. The van der Waals surface area contributed by atoms with Crippen molar-refractivity contribution < 1.29 is 38.3 Å². The zero-order valence-electron chi connectivity index (χ0n) is 28.1. The monoisotopic (exact) mass is 710 g/mol. The number of rotatable bonds is 21. The lowest BCUT2D eigenvalue weighted by Crippen LogP contribution is -2.61. The van der Waals surface area contributed by atoms with Crippen molar-refractivity contribution in [2.24, 2.45) is 0 Å². The average molecular weight is 711 g/mol. The molecule has 2 saturated heterocycles. The quantitative estimate of drug-likeness (QED) is 0.0680. The van der Waals surface area contributed by atoms with Crippen LogP contribution in [0.15, 0.2) is 91.0 Å². The zero-order valence-corrected chi connectivity index (χ0v) is 29.8. The summed E-state index contributed by atoms with van der Waals surface area (Å²) in [5, 5.41) is 11.2. The number of hydrogen-bond donors (Lipinski definition) is 1. The molecule has 0 saturated carbocycles. The van der Waals surface area contributed by atoms with E-state index >= 15 is 0 Å². The van der Waals surface area contributed by atoms with Crippen LogP contribution in [0.25, 0.3) is 0 Å². The molecule has 2 fully saturated rings. The van der Waals surface area contributed by atoms with E-state index in [1.165, 1.54) is 18.6 Å². The molecule has 10 heteroatoms. The fourth-order valence-corrected chi connectivity index (χ4v) is 8.92. The van der Waals surface area contributed by atoms with E-state index in [4.69, 9.17) is 28.4 Å². The van der Waals surface area contributed by atoms with Gasteiger partial charge in [-0.2, -0.15) is 0 Å². The Morgan fingerprint density at radius 1 is 0.694 bits per heavy atom. The first kappa shape index (κ1) is 37.8. The second kappa shape index (κ2) is 21.7. The fraction of sp³-hybridized carbons (Fsp3) is 0.513. The smallest absolute Gasteiger partial charge is 0.305 e. The number of benzene rings is 3. The molecule has 2 heterocycles. The van der Waals surface area contributed by atoms with Gasteiger partial charge in [-0.1, -0.05) is 119 Å². The molecule has 0 aliphatic carbocycles. The molecule has 3 aromatic rings. The highest BCUT2D eigenvalue weighted by atomic mass is 33.1. The average Bonchev–Trinajstić information content (AvgIpc) is 3.67. The maximum absolute atomic E-state index is 12.2. The van der Waals surface area contributed by atoms with Crippen LogP contribution in [0.3, 0.4) is 0 Å². The number of carbonyl (C=O) groups excluding carboxylic acids is 1. The van der Waals surface area contributed by atoms with Crippen LogP contribution in [0.2, 0.25) is 0 Å². The first-order chi connectivity index (χ1) is 24.2. The van der Waals surface area contributed by atoms with Crippen molar-refractivity contribution in [1.29, 1.82) is 0 Å². The van der Waals surface area contributed by atoms with Crippen molar-refractivity contribution in [3.63, 3.8) is 0 Å². The van der Waals surface area contributed by atoms with E-state index in [-0.39, 0.29) is 12.6 Å². The van der Waals surface area contributed by atoms with Gasteiger partial charge in [0.05, 0.1) is 33.0 Å². The number of ether oxygens (including phenoxy) is 6. The summed E-state index contributed by atoms with van der Waals surface area (Å²) in [6.45, 7) is 1.42. The van der Waals surface area contributed by atoms with E-state index in [1.807, 2.05) is 113 Å². The van der Waals surface area contributed by atoms with Crippen molar-refractivity contribution in [2.75, 3.05) is 25.6 Å². The Bertz CT molecular complexity index is 1310. The fourth-order valence-electron chi connectivity index (χ4n) is 5.89. The van der Waals surface area contributed by atoms with Gasteiger partial charge in [0.25, 0.3) is 0 Å². The maximum Gasteiger partial charge on any atom is 0.305 e. The highest BCUT2D eigenvalue weighted by Gasteiger charge is 2.48. The highest BCUT2D eigenvalue weighted by Crippen LogP contribution is 2.40. The van der Waals surface area contributed by atoms with Crippen molar-refractivity contribution in [3.05, 3.63) is 108 Å². The molecule has 5 rings (SSSR count). The van der Waals surface area contributed by atoms with E-state index in [1.54, 1.807) is 0 Å². The van der Waals surface area contributed by atoms with Crippen LogP contribution in [-0.4, -0.2) is 72.6 Å². The molecule has 266 valence electrons. The Morgan fingerprint density at radius 3 is 1.84 bits per heavy atom. The lowest BCUT2D eigenvalue weighted by atomic mass is 9.98. The summed E-state index contributed by atoms with van der Waals surface area (Å²) in [6.07, 6.45) is 2.84. The van der Waals surface area contributed by atoms with Gasteiger partial charge in [-0.25, -0.2) is 0 Å². The van der Waals surface area contributed by atoms with Gasteiger partial charge in [-0.3, -0.25) is 4.79 Å². The van der Waals surface area contributed by atoms with Crippen LogP contribution in [0.5, 0.6) is 0 Å². The van der Waals surface area contributed by atoms with Crippen LogP contribution in [-0.2, 0) is 53.0 Å². The van der Waals surface area contributed by atoms with Gasteiger partial charge in [-0.15, -0.1) is 0 Å². The Morgan fingerprint density at radius 2 is 1.27 bits per heavy atom. The predicted octanol–water partition coefficient (Wildman–Crippen LogP) is 7.51. The van der Waals surface area contributed by atoms with E-state index in [9.17, 15) is 9.90 Å². The number of unbranched alkanes of at least 4 members (excludes halogenated alkanes) is 2. The first-order valence-electron chi connectivity index (χ1n) is 17.5. The van der Waals surface area contributed by atoms with E-state index in [2.05, 4.69) is 0 Å². The van der Waals surface area contributed by atoms with Gasteiger partial charge in [-0.05, 0) is 48.8 Å². The molecule has 2 aliphatic heterocycles. The van der Waals surface area contributed by atoms with Gasteiger partial charge in [0.1, 0.15) is 24.4 Å². The summed E-state index contributed by atoms with van der Waals surface area (Å²) in [7, 11) is 3.94. The van der Waals surface area contributed by atoms with Crippen LogP contribution >= 0.6 is 21.6 Å². The third kappa shape index (κ3) is 13.0. The topological polar surface area (TPSA) is 92.7 Å². The summed E-state index contributed by atoms with van der Waals surface area (Å²) in [6, 6.07) is 29.8. The molecule has 1 unspecified atom stereocenters. The Labute approximate surface area is 298 Å². The molecule has 0 amide bonds.